The molecule has 27 heavy (non-hydrogen) atoms. The lowest BCUT2D eigenvalue weighted by Gasteiger charge is -2.09. The second-order valence-corrected chi connectivity index (χ2v) is 7.58. The molecule has 0 unspecified atom stereocenters. The monoisotopic (exact) mass is 504 g/mol. The Hall–Kier alpha value is -1.85. The van der Waals surface area contributed by atoms with Gasteiger partial charge in [0.15, 0.2) is 5.96 Å². The maximum Gasteiger partial charge on any atom is 0.211 e. The van der Waals surface area contributed by atoms with Gasteiger partial charge in [0.25, 0.3) is 0 Å². The maximum atomic E-state index is 11.3. The number of benzene rings is 2. The molecule has 0 spiro atoms. The topological polar surface area (TPSA) is 106 Å². The molecular formula is C18H25IN4O3S. The molecule has 0 radical (unpaired) electrons. The van der Waals surface area contributed by atoms with Crippen molar-refractivity contribution in [3.05, 3.63) is 54.6 Å². The van der Waals surface area contributed by atoms with Crippen LogP contribution in [0.3, 0.4) is 0 Å². The molecule has 4 N–H and O–H groups in total. The summed E-state index contributed by atoms with van der Waals surface area (Å²) in [7, 11) is -3.16. The van der Waals surface area contributed by atoms with E-state index in [1.54, 1.807) is 6.92 Å². The van der Waals surface area contributed by atoms with Gasteiger partial charge in [0.2, 0.25) is 10.0 Å². The van der Waals surface area contributed by atoms with Gasteiger partial charge in [-0.15, -0.1) is 24.0 Å². The molecule has 2 aromatic rings. The Morgan fingerprint density at radius 2 is 1.81 bits per heavy atom. The zero-order chi connectivity index (χ0) is 18.8. The highest BCUT2D eigenvalue weighted by atomic mass is 127. The van der Waals surface area contributed by atoms with Gasteiger partial charge in [0.1, 0.15) is 11.5 Å². The summed E-state index contributed by atoms with van der Waals surface area (Å²) in [5.74, 6) is 1.77. The zero-order valence-electron chi connectivity index (χ0n) is 15.1. The molecule has 0 atom stereocenters. The molecule has 2 rings (SSSR count). The van der Waals surface area contributed by atoms with Crippen LogP contribution in [0.15, 0.2) is 59.6 Å². The summed E-state index contributed by atoms with van der Waals surface area (Å²) in [6.07, 6.45) is 0.568. The SMILES string of the molecule is CCS(=O)(=O)NCCCN=C(N)Nc1cccc(Oc2ccccc2)c1.I. The number of halogens is 1. The number of rotatable bonds is 9. The predicted octanol–water partition coefficient (Wildman–Crippen LogP) is 3.15. The van der Waals surface area contributed by atoms with Crippen molar-refractivity contribution in [1.29, 1.82) is 0 Å². The Labute approximate surface area is 177 Å². The van der Waals surface area contributed by atoms with E-state index >= 15 is 0 Å². The summed E-state index contributed by atoms with van der Waals surface area (Å²) in [5, 5.41) is 3.00. The number of anilines is 1. The summed E-state index contributed by atoms with van der Waals surface area (Å²) in [6.45, 7) is 2.36. The first-order chi connectivity index (χ1) is 12.5. The van der Waals surface area contributed by atoms with E-state index in [-0.39, 0.29) is 35.7 Å². The number of nitrogens with zero attached hydrogens (tertiary/aromatic N) is 1. The first kappa shape index (κ1) is 23.2. The maximum absolute atomic E-state index is 11.3. The molecule has 0 amide bonds. The molecule has 0 aliphatic heterocycles. The molecule has 0 aromatic heterocycles. The molecule has 7 nitrogen and oxygen atoms in total. The molecule has 2 aromatic carbocycles. The van der Waals surface area contributed by atoms with E-state index in [1.165, 1.54) is 0 Å². The molecule has 0 aliphatic rings. The van der Waals surface area contributed by atoms with Crippen molar-refractivity contribution in [3.63, 3.8) is 0 Å². The number of nitrogens with two attached hydrogens (primary N) is 1. The average Bonchev–Trinajstić information content (AvgIpc) is 2.62. The first-order valence-corrected chi connectivity index (χ1v) is 10.0. The third kappa shape index (κ3) is 9.07. The Kier molecular flexibility index (Phi) is 10.1. The number of sulfonamides is 1. The van der Waals surface area contributed by atoms with Crippen molar-refractivity contribution < 1.29 is 13.2 Å². The second-order valence-electron chi connectivity index (χ2n) is 5.49. The lowest BCUT2D eigenvalue weighted by molar-refractivity contribution is 0.483. The summed E-state index contributed by atoms with van der Waals surface area (Å²) in [4.78, 5) is 4.19. The van der Waals surface area contributed by atoms with Gasteiger partial charge in [-0.1, -0.05) is 24.3 Å². The number of para-hydroxylation sites is 1. The van der Waals surface area contributed by atoms with Gasteiger partial charge in [-0.05, 0) is 37.6 Å². The van der Waals surface area contributed by atoms with Gasteiger partial charge in [0, 0.05) is 24.8 Å². The average molecular weight is 504 g/mol. The fourth-order valence-electron chi connectivity index (χ4n) is 2.06. The Bertz CT molecular complexity index is 830. The van der Waals surface area contributed by atoms with Crippen molar-refractivity contribution in [2.45, 2.75) is 13.3 Å². The van der Waals surface area contributed by atoms with Gasteiger partial charge in [-0.2, -0.15) is 0 Å². The molecule has 0 saturated heterocycles. The van der Waals surface area contributed by atoms with Crippen LogP contribution in [0.1, 0.15) is 13.3 Å². The van der Waals surface area contributed by atoms with Crippen molar-refractivity contribution in [1.82, 2.24) is 4.72 Å². The molecule has 148 valence electrons. The number of aliphatic imine (C=N–C) groups is 1. The van der Waals surface area contributed by atoms with Crippen molar-refractivity contribution in [3.8, 4) is 11.5 Å². The Balaban J connectivity index is 0.00000364. The third-order valence-electron chi connectivity index (χ3n) is 3.40. The van der Waals surface area contributed by atoms with Crippen LogP contribution in [0.25, 0.3) is 0 Å². The second kappa shape index (κ2) is 11.8. The predicted molar refractivity (Wildman–Crippen MR) is 121 cm³/mol. The minimum Gasteiger partial charge on any atom is -0.457 e. The Morgan fingerprint density at radius 3 is 2.52 bits per heavy atom. The molecule has 0 saturated carbocycles. The molecule has 0 fully saturated rings. The van der Waals surface area contributed by atoms with Crippen LogP contribution in [-0.4, -0.2) is 33.2 Å². The molecule has 0 aliphatic carbocycles. The summed E-state index contributed by atoms with van der Waals surface area (Å²) < 4.78 is 30.9. The molecular weight excluding hydrogens is 479 g/mol. The fraction of sp³-hybridized carbons (Fsp3) is 0.278. The lowest BCUT2D eigenvalue weighted by atomic mass is 10.3. The van der Waals surface area contributed by atoms with Gasteiger partial charge in [0.05, 0.1) is 5.75 Å². The van der Waals surface area contributed by atoms with Gasteiger partial charge in [-0.3, -0.25) is 4.99 Å². The highest BCUT2D eigenvalue weighted by molar-refractivity contribution is 14.0. The minimum atomic E-state index is -3.16. The molecule has 0 heterocycles. The summed E-state index contributed by atoms with van der Waals surface area (Å²) in [6, 6.07) is 16.9. The summed E-state index contributed by atoms with van der Waals surface area (Å²) >= 11 is 0. The van der Waals surface area contributed by atoms with Crippen LogP contribution in [0.5, 0.6) is 11.5 Å². The quantitative estimate of drug-likeness (QED) is 0.211. The van der Waals surface area contributed by atoms with Gasteiger partial charge >= 0.3 is 0 Å². The van der Waals surface area contributed by atoms with Crippen molar-refractivity contribution in [2.24, 2.45) is 10.7 Å². The lowest BCUT2D eigenvalue weighted by Crippen LogP contribution is -2.27. The standard InChI is InChI=1S/C18H24N4O3S.HI/c1-2-26(23,24)21-13-7-12-20-18(19)22-15-8-6-11-17(14-15)25-16-9-4-3-5-10-16;/h3-6,8-11,14,21H,2,7,12-13H2,1H3,(H3,19,20,22);1H. The number of guanidine groups is 1. The number of nitrogens with one attached hydrogen (secondary N) is 2. The van der Waals surface area contributed by atoms with Crippen LogP contribution < -0.4 is 20.5 Å². The first-order valence-electron chi connectivity index (χ1n) is 8.36. The van der Waals surface area contributed by atoms with Crippen molar-refractivity contribution in [2.75, 3.05) is 24.2 Å². The Morgan fingerprint density at radius 1 is 1.11 bits per heavy atom. The van der Waals surface area contributed by atoms with E-state index in [0.29, 0.717) is 25.3 Å². The minimum absolute atomic E-state index is 0. The van der Waals surface area contributed by atoms with Crippen LogP contribution in [-0.2, 0) is 10.0 Å². The van der Waals surface area contributed by atoms with Crippen LogP contribution in [0.4, 0.5) is 5.69 Å². The van der Waals surface area contributed by atoms with Gasteiger partial charge in [-0.25, -0.2) is 13.1 Å². The largest absolute Gasteiger partial charge is 0.457 e. The van der Waals surface area contributed by atoms with Crippen molar-refractivity contribution >= 4 is 45.6 Å². The normalized spacial score (nSPS) is 11.5. The van der Waals surface area contributed by atoms with E-state index in [4.69, 9.17) is 10.5 Å². The van der Waals surface area contributed by atoms with Crippen LogP contribution in [0, 0.1) is 0 Å². The number of hydrogen-bond donors (Lipinski definition) is 3. The van der Waals surface area contributed by atoms with E-state index in [2.05, 4.69) is 15.0 Å². The zero-order valence-corrected chi connectivity index (χ0v) is 18.2. The number of hydrogen-bond acceptors (Lipinski definition) is 4. The van der Waals surface area contributed by atoms with Gasteiger partial charge < -0.3 is 15.8 Å². The van der Waals surface area contributed by atoms with Crippen LogP contribution in [0.2, 0.25) is 0 Å². The van der Waals surface area contributed by atoms with Crippen LogP contribution >= 0.6 is 24.0 Å². The third-order valence-corrected chi connectivity index (χ3v) is 4.81. The molecule has 0 bridgehead atoms. The van der Waals surface area contributed by atoms with E-state index in [1.807, 2.05) is 54.6 Å². The smallest absolute Gasteiger partial charge is 0.211 e. The van der Waals surface area contributed by atoms with E-state index < -0.39 is 10.0 Å². The number of ether oxygens (including phenoxy) is 1. The highest BCUT2D eigenvalue weighted by Crippen LogP contribution is 2.23. The molecule has 9 heteroatoms. The highest BCUT2D eigenvalue weighted by Gasteiger charge is 2.04. The van der Waals surface area contributed by atoms with E-state index in [9.17, 15) is 8.42 Å². The van der Waals surface area contributed by atoms with E-state index in [0.717, 1.165) is 11.4 Å². The fourth-order valence-corrected chi connectivity index (χ4v) is 2.72. The summed E-state index contributed by atoms with van der Waals surface area (Å²) in [5.41, 5.74) is 6.62.